The molecule has 1 aromatic rings. The summed E-state index contributed by atoms with van der Waals surface area (Å²) in [4.78, 5) is 20.5. The number of nitrogens with zero attached hydrogens (tertiary/aromatic N) is 4. The third-order valence-corrected chi connectivity index (χ3v) is 3.16. The number of rotatable bonds is 7. The van der Waals surface area contributed by atoms with E-state index in [-0.39, 0.29) is 6.03 Å². The summed E-state index contributed by atoms with van der Waals surface area (Å²) in [6.45, 7) is 13.0. The molecule has 0 N–H and O–H groups in total. The van der Waals surface area contributed by atoms with Crippen LogP contribution in [-0.4, -0.2) is 58.1 Å². The van der Waals surface area contributed by atoms with Crippen molar-refractivity contribution < 1.29 is 4.79 Å². The van der Waals surface area contributed by atoms with Crippen LogP contribution >= 0.6 is 0 Å². The number of amides is 1. The van der Waals surface area contributed by atoms with Crippen molar-refractivity contribution in [1.82, 2.24) is 19.4 Å². The topological polar surface area (TPSA) is 41.4 Å². The van der Waals surface area contributed by atoms with Gasteiger partial charge < -0.3 is 9.80 Å². The van der Waals surface area contributed by atoms with Gasteiger partial charge in [0.2, 0.25) is 0 Å². The molecule has 0 fully saturated rings. The molecule has 0 radical (unpaired) electrons. The molecule has 0 spiro atoms. The van der Waals surface area contributed by atoms with Crippen LogP contribution in [0.2, 0.25) is 0 Å². The second-order valence-electron chi connectivity index (χ2n) is 5.12. The van der Waals surface area contributed by atoms with Crippen molar-refractivity contribution in [3.05, 3.63) is 18.7 Å². The van der Waals surface area contributed by atoms with Crippen molar-refractivity contribution >= 4 is 6.03 Å². The molecular formula is C14H26N4O. The zero-order chi connectivity index (χ0) is 14.3. The highest BCUT2D eigenvalue weighted by molar-refractivity contribution is 5.76. The predicted molar refractivity (Wildman–Crippen MR) is 77.2 cm³/mol. The van der Waals surface area contributed by atoms with E-state index < -0.39 is 0 Å². The number of hydrogen-bond donors (Lipinski definition) is 0. The molecule has 1 aromatic heterocycles. The number of hydrogen-bond acceptors (Lipinski definition) is 3. The average Bonchev–Trinajstić information content (AvgIpc) is 2.91. The van der Waals surface area contributed by atoms with Crippen LogP contribution in [0.5, 0.6) is 0 Å². The van der Waals surface area contributed by atoms with Gasteiger partial charge in [-0.1, -0.05) is 27.7 Å². The first kappa shape index (κ1) is 15.7. The van der Waals surface area contributed by atoms with Crippen LogP contribution < -0.4 is 0 Å². The van der Waals surface area contributed by atoms with E-state index in [1.54, 1.807) is 23.3 Å². The summed E-state index contributed by atoms with van der Waals surface area (Å²) in [5.41, 5.74) is 0. The Balaban J connectivity index is 2.64. The lowest BCUT2D eigenvalue weighted by Crippen LogP contribution is -2.42. The Morgan fingerprint density at radius 2 is 1.95 bits per heavy atom. The maximum Gasteiger partial charge on any atom is 0.329 e. The molecule has 0 aliphatic rings. The van der Waals surface area contributed by atoms with Crippen molar-refractivity contribution in [1.29, 1.82) is 0 Å². The third kappa shape index (κ3) is 5.03. The quantitative estimate of drug-likeness (QED) is 0.759. The van der Waals surface area contributed by atoms with E-state index in [0.29, 0.717) is 5.92 Å². The highest BCUT2D eigenvalue weighted by atomic mass is 16.2. The van der Waals surface area contributed by atoms with Crippen LogP contribution in [0.15, 0.2) is 18.7 Å². The van der Waals surface area contributed by atoms with Crippen molar-refractivity contribution in [3.8, 4) is 0 Å². The molecule has 0 aliphatic heterocycles. The number of carbonyl (C=O) groups is 1. The van der Waals surface area contributed by atoms with Gasteiger partial charge in [0.05, 0.1) is 0 Å². The van der Waals surface area contributed by atoms with E-state index in [4.69, 9.17) is 0 Å². The maximum atomic E-state index is 12.4. The van der Waals surface area contributed by atoms with Gasteiger partial charge in [0.25, 0.3) is 0 Å². The lowest BCUT2D eigenvalue weighted by molar-refractivity contribution is 0.179. The normalized spacial score (nSPS) is 11.3. The molecule has 1 rings (SSSR count). The smallest absolute Gasteiger partial charge is 0.323 e. The van der Waals surface area contributed by atoms with Crippen molar-refractivity contribution in [2.75, 3.05) is 32.7 Å². The number of imidazole rings is 1. The fourth-order valence-electron chi connectivity index (χ4n) is 2.04. The number of aromatic nitrogens is 2. The average molecular weight is 266 g/mol. The maximum absolute atomic E-state index is 12.4. The molecule has 0 saturated heterocycles. The van der Waals surface area contributed by atoms with Crippen LogP contribution in [-0.2, 0) is 0 Å². The summed E-state index contributed by atoms with van der Waals surface area (Å²) in [6, 6.07) is 0.0124. The second-order valence-corrected chi connectivity index (χ2v) is 5.12. The van der Waals surface area contributed by atoms with E-state index in [9.17, 15) is 4.79 Å². The molecule has 5 heteroatoms. The molecule has 1 amide bonds. The van der Waals surface area contributed by atoms with Crippen LogP contribution in [0.3, 0.4) is 0 Å². The van der Waals surface area contributed by atoms with Crippen LogP contribution in [0, 0.1) is 5.92 Å². The molecule has 0 saturated carbocycles. The zero-order valence-electron chi connectivity index (χ0n) is 12.5. The summed E-state index contributed by atoms with van der Waals surface area (Å²) >= 11 is 0. The summed E-state index contributed by atoms with van der Waals surface area (Å²) in [7, 11) is 0. The van der Waals surface area contributed by atoms with Crippen LogP contribution in [0.1, 0.15) is 27.7 Å². The Bertz CT molecular complexity index is 358. The first-order valence-corrected chi connectivity index (χ1v) is 7.08. The fraction of sp³-hybridized carbons (Fsp3) is 0.714. The van der Waals surface area contributed by atoms with Gasteiger partial charge in [-0.25, -0.2) is 9.78 Å². The highest BCUT2D eigenvalue weighted by Crippen LogP contribution is 2.03. The SMILES string of the molecule is CCN(CC)CCN(CC(C)C)C(=O)n1ccnc1. The minimum Gasteiger partial charge on any atom is -0.323 e. The Labute approximate surface area is 116 Å². The van der Waals surface area contributed by atoms with E-state index >= 15 is 0 Å². The highest BCUT2D eigenvalue weighted by Gasteiger charge is 2.16. The molecule has 0 aliphatic carbocycles. The predicted octanol–water partition coefficient (Wildman–Crippen LogP) is 2.15. The fourth-order valence-corrected chi connectivity index (χ4v) is 2.04. The Morgan fingerprint density at radius 1 is 1.26 bits per heavy atom. The van der Waals surface area contributed by atoms with Gasteiger partial charge >= 0.3 is 6.03 Å². The van der Waals surface area contributed by atoms with Gasteiger partial charge in [0, 0.05) is 32.0 Å². The summed E-state index contributed by atoms with van der Waals surface area (Å²) in [5.74, 6) is 0.462. The minimum absolute atomic E-state index is 0.0124. The molecule has 0 atom stereocenters. The standard InChI is InChI=1S/C14H26N4O/c1-5-16(6-2)9-10-17(11-13(3)4)14(19)18-8-7-15-12-18/h7-8,12-13H,5-6,9-11H2,1-4H3. The molecule has 1 heterocycles. The zero-order valence-corrected chi connectivity index (χ0v) is 12.5. The largest absolute Gasteiger partial charge is 0.329 e. The van der Waals surface area contributed by atoms with E-state index in [1.807, 2.05) is 4.90 Å². The monoisotopic (exact) mass is 266 g/mol. The molecule has 108 valence electrons. The van der Waals surface area contributed by atoms with Gasteiger partial charge in [-0.2, -0.15) is 0 Å². The van der Waals surface area contributed by atoms with E-state index in [1.165, 1.54) is 0 Å². The number of likely N-dealkylation sites (N-methyl/N-ethyl adjacent to an activating group) is 1. The lowest BCUT2D eigenvalue weighted by atomic mass is 10.2. The van der Waals surface area contributed by atoms with E-state index in [0.717, 1.165) is 32.7 Å². The minimum atomic E-state index is 0.0124. The van der Waals surface area contributed by atoms with Gasteiger partial charge in [-0.05, 0) is 19.0 Å². The third-order valence-electron chi connectivity index (χ3n) is 3.16. The molecule has 5 nitrogen and oxygen atoms in total. The molecule has 19 heavy (non-hydrogen) atoms. The Kier molecular flexibility index (Phi) is 6.56. The first-order valence-electron chi connectivity index (χ1n) is 7.08. The van der Waals surface area contributed by atoms with Crippen molar-refractivity contribution in [2.45, 2.75) is 27.7 Å². The van der Waals surface area contributed by atoms with Crippen molar-refractivity contribution in [3.63, 3.8) is 0 Å². The van der Waals surface area contributed by atoms with Gasteiger partial charge in [0.1, 0.15) is 6.33 Å². The Hall–Kier alpha value is -1.36. The summed E-state index contributed by atoms with van der Waals surface area (Å²) in [6.07, 6.45) is 4.90. The summed E-state index contributed by atoms with van der Waals surface area (Å²) in [5, 5.41) is 0. The molecular weight excluding hydrogens is 240 g/mol. The van der Waals surface area contributed by atoms with Crippen LogP contribution in [0.4, 0.5) is 4.79 Å². The number of carbonyl (C=O) groups excluding carboxylic acids is 1. The van der Waals surface area contributed by atoms with Crippen molar-refractivity contribution in [2.24, 2.45) is 5.92 Å². The Morgan fingerprint density at radius 3 is 2.42 bits per heavy atom. The van der Waals surface area contributed by atoms with E-state index in [2.05, 4.69) is 37.6 Å². The lowest BCUT2D eigenvalue weighted by Gasteiger charge is -2.27. The second kappa shape index (κ2) is 7.94. The summed E-state index contributed by atoms with van der Waals surface area (Å²) < 4.78 is 1.55. The molecule has 0 bridgehead atoms. The first-order chi connectivity index (χ1) is 9.08. The molecule has 0 aromatic carbocycles. The van der Waals surface area contributed by atoms with Gasteiger partial charge in [0.15, 0.2) is 0 Å². The van der Waals surface area contributed by atoms with Gasteiger partial charge in [-0.15, -0.1) is 0 Å². The molecule has 0 unspecified atom stereocenters. The van der Waals surface area contributed by atoms with Crippen LogP contribution in [0.25, 0.3) is 0 Å². The van der Waals surface area contributed by atoms with Gasteiger partial charge in [-0.3, -0.25) is 4.57 Å².